The molecular formula is C24H26ClFN6O3. The fourth-order valence-corrected chi connectivity index (χ4v) is 5.63. The number of nitrogens with zero attached hydrogens (tertiary/aromatic N) is 4. The molecule has 11 heteroatoms. The summed E-state index contributed by atoms with van der Waals surface area (Å²) in [6, 6.07) is 4.28. The number of benzene rings is 1. The number of rotatable bonds is 7. The van der Waals surface area contributed by atoms with Crippen molar-refractivity contribution in [1.82, 2.24) is 25.1 Å². The lowest BCUT2D eigenvalue weighted by molar-refractivity contribution is -0.158. The molecule has 2 bridgehead atoms. The third-order valence-electron chi connectivity index (χ3n) is 7.76. The second-order valence-corrected chi connectivity index (χ2v) is 10.2. The highest BCUT2D eigenvalue weighted by Gasteiger charge is 2.52. The predicted octanol–water partition coefficient (Wildman–Crippen LogP) is 3.92. The van der Waals surface area contributed by atoms with Gasteiger partial charge in [0.1, 0.15) is 23.2 Å². The Morgan fingerprint density at radius 1 is 1.17 bits per heavy atom. The Hall–Kier alpha value is -3.27. The van der Waals surface area contributed by atoms with Crippen LogP contribution in [0.2, 0.25) is 5.02 Å². The summed E-state index contributed by atoms with van der Waals surface area (Å²) in [5.74, 6) is -1.02. The number of hydrogen-bond donors (Lipinski definition) is 3. The maximum Gasteiger partial charge on any atom is 0.309 e. The number of fused-ring (bicyclic) bond motifs is 4. The Bertz CT molecular complexity index is 1300. The lowest BCUT2D eigenvalue weighted by atomic mass is 9.53. The molecule has 0 radical (unpaired) electrons. The Kier molecular flexibility index (Phi) is 5.86. The van der Waals surface area contributed by atoms with Crippen LogP contribution in [-0.4, -0.2) is 43.3 Å². The molecule has 0 atom stereocenters. The van der Waals surface area contributed by atoms with Crippen LogP contribution in [0.4, 0.5) is 10.2 Å². The lowest BCUT2D eigenvalue weighted by Gasteiger charge is -2.51. The van der Waals surface area contributed by atoms with Crippen molar-refractivity contribution in [2.24, 2.45) is 17.9 Å². The highest BCUT2D eigenvalue weighted by molar-refractivity contribution is 6.30. The van der Waals surface area contributed by atoms with E-state index in [2.05, 4.69) is 25.7 Å². The highest BCUT2D eigenvalue weighted by Crippen LogP contribution is 2.57. The third-order valence-corrected chi connectivity index (χ3v) is 8.05. The monoisotopic (exact) mass is 500 g/mol. The Morgan fingerprint density at radius 2 is 1.89 bits per heavy atom. The van der Waals surface area contributed by atoms with Gasteiger partial charge in [-0.1, -0.05) is 17.7 Å². The summed E-state index contributed by atoms with van der Waals surface area (Å²) in [6.07, 6.45) is 6.06. The average Bonchev–Trinajstić information content (AvgIpc) is 3.20. The number of carbonyl (C=O) groups is 2. The average molecular weight is 501 g/mol. The summed E-state index contributed by atoms with van der Waals surface area (Å²) in [5.41, 5.74) is 1.39. The number of anilines is 1. The SMILES string of the molecule is Cn1nc(NCC23CCC(C(=O)O)(CC2)CC3)c2ncnc(C(=O)NCc3ccc(F)c(Cl)c3)c21. The van der Waals surface area contributed by atoms with Crippen molar-refractivity contribution in [2.75, 3.05) is 11.9 Å². The van der Waals surface area contributed by atoms with Gasteiger partial charge < -0.3 is 15.7 Å². The van der Waals surface area contributed by atoms with Crippen LogP contribution in [0.3, 0.4) is 0 Å². The third kappa shape index (κ3) is 4.20. The van der Waals surface area contributed by atoms with Crippen molar-refractivity contribution >= 4 is 40.3 Å². The molecule has 3 fully saturated rings. The molecule has 1 aromatic carbocycles. The van der Waals surface area contributed by atoms with Gasteiger partial charge >= 0.3 is 5.97 Å². The number of aryl methyl sites for hydroxylation is 1. The van der Waals surface area contributed by atoms with Crippen LogP contribution in [0.25, 0.3) is 11.0 Å². The fraction of sp³-hybridized carbons (Fsp3) is 0.458. The van der Waals surface area contributed by atoms with E-state index in [-0.39, 0.29) is 22.7 Å². The first-order chi connectivity index (χ1) is 16.7. The highest BCUT2D eigenvalue weighted by atomic mass is 35.5. The van der Waals surface area contributed by atoms with Gasteiger partial charge in [-0.05, 0) is 61.6 Å². The minimum Gasteiger partial charge on any atom is -0.481 e. The van der Waals surface area contributed by atoms with Crippen molar-refractivity contribution in [2.45, 2.75) is 45.1 Å². The molecule has 9 nitrogen and oxygen atoms in total. The van der Waals surface area contributed by atoms with E-state index in [9.17, 15) is 19.1 Å². The van der Waals surface area contributed by atoms with Gasteiger partial charge in [0, 0.05) is 20.1 Å². The first-order valence-corrected chi connectivity index (χ1v) is 12.0. The van der Waals surface area contributed by atoms with E-state index in [1.54, 1.807) is 17.8 Å². The molecule has 3 aliphatic carbocycles. The van der Waals surface area contributed by atoms with E-state index in [1.165, 1.54) is 18.5 Å². The zero-order valence-electron chi connectivity index (χ0n) is 19.3. The van der Waals surface area contributed by atoms with Crippen molar-refractivity contribution in [3.05, 3.63) is 46.6 Å². The molecule has 2 heterocycles. The minimum absolute atomic E-state index is 0.00687. The van der Waals surface area contributed by atoms with Gasteiger partial charge in [0.15, 0.2) is 11.5 Å². The molecule has 3 aromatic rings. The molecule has 0 aliphatic heterocycles. The van der Waals surface area contributed by atoms with Gasteiger partial charge in [0.25, 0.3) is 5.91 Å². The molecule has 0 spiro atoms. The number of hydrogen-bond acceptors (Lipinski definition) is 6. The summed E-state index contributed by atoms with van der Waals surface area (Å²) in [6.45, 7) is 0.833. The number of amides is 1. The van der Waals surface area contributed by atoms with E-state index in [1.807, 2.05) is 0 Å². The Labute approximate surface area is 206 Å². The summed E-state index contributed by atoms with van der Waals surface area (Å²) < 4.78 is 15.0. The predicted molar refractivity (Wildman–Crippen MR) is 128 cm³/mol. The molecule has 1 amide bonds. The lowest BCUT2D eigenvalue weighted by Crippen LogP contribution is -2.48. The quantitative estimate of drug-likeness (QED) is 0.449. The molecule has 0 unspecified atom stereocenters. The number of carboxylic acid groups (broad SMARTS) is 1. The number of aliphatic carboxylic acids is 1. The normalized spacial score (nSPS) is 23.4. The summed E-state index contributed by atoms with van der Waals surface area (Å²) >= 11 is 5.82. The summed E-state index contributed by atoms with van der Waals surface area (Å²) in [7, 11) is 1.73. The van der Waals surface area contributed by atoms with Crippen molar-refractivity contribution in [1.29, 1.82) is 0 Å². The second kappa shape index (κ2) is 8.75. The van der Waals surface area contributed by atoms with Crippen molar-refractivity contribution in [3.8, 4) is 0 Å². The molecule has 3 saturated carbocycles. The maximum absolute atomic E-state index is 13.4. The molecule has 184 valence electrons. The number of aromatic nitrogens is 4. The van der Waals surface area contributed by atoms with Crippen LogP contribution in [0.5, 0.6) is 0 Å². The van der Waals surface area contributed by atoms with E-state index in [4.69, 9.17) is 11.6 Å². The number of halogens is 2. The van der Waals surface area contributed by atoms with Crippen LogP contribution in [0.1, 0.15) is 54.6 Å². The number of nitrogens with one attached hydrogen (secondary N) is 2. The first-order valence-electron chi connectivity index (χ1n) is 11.6. The number of carbonyl (C=O) groups excluding carboxylic acids is 1. The van der Waals surface area contributed by atoms with Gasteiger partial charge in [-0.25, -0.2) is 14.4 Å². The summed E-state index contributed by atoms with van der Waals surface area (Å²) in [4.78, 5) is 33.2. The Morgan fingerprint density at radius 3 is 2.54 bits per heavy atom. The van der Waals surface area contributed by atoms with Gasteiger partial charge in [-0.2, -0.15) is 5.10 Å². The van der Waals surface area contributed by atoms with Crippen molar-refractivity contribution < 1.29 is 19.1 Å². The molecular weight excluding hydrogens is 475 g/mol. The van der Waals surface area contributed by atoms with E-state index < -0.39 is 23.1 Å². The minimum atomic E-state index is -0.667. The van der Waals surface area contributed by atoms with Gasteiger partial charge in [0.2, 0.25) is 0 Å². The molecule has 2 aromatic heterocycles. The van der Waals surface area contributed by atoms with Crippen LogP contribution in [0.15, 0.2) is 24.5 Å². The fourth-order valence-electron chi connectivity index (χ4n) is 5.43. The molecule has 6 rings (SSSR count). The topological polar surface area (TPSA) is 122 Å². The first kappa shape index (κ1) is 23.5. The van der Waals surface area contributed by atoms with E-state index in [0.717, 1.165) is 19.3 Å². The van der Waals surface area contributed by atoms with E-state index in [0.29, 0.717) is 48.2 Å². The van der Waals surface area contributed by atoms with Gasteiger partial charge in [0.05, 0.1) is 10.4 Å². The standard InChI is InChI=1S/C24H26ClFN6O3/c1-32-19-17(20(31-32)28-12-23-4-7-24(8-5-23,9-6-23)22(34)35)29-13-30-18(19)21(33)27-11-14-2-3-16(26)15(25)10-14/h2-3,10,13H,4-9,11-12H2,1H3,(H,27,33)(H,28,31)(H,34,35). The smallest absolute Gasteiger partial charge is 0.309 e. The van der Waals surface area contributed by atoms with Crippen LogP contribution in [-0.2, 0) is 18.4 Å². The molecule has 3 aliphatic rings. The maximum atomic E-state index is 13.4. The van der Waals surface area contributed by atoms with Crippen LogP contribution < -0.4 is 10.6 Å². The van der Waals surface area contributed by atoms with Crippen molar-refractivity contribution in [3.63, 3.8) is 0 Å². The molecule has 0 saturated heterocycles. The van der Waals surface area contributed by atoms with E-state index >= 15 is 0 Å². The van der Waals surface area contributed by atoms with Gasteiger partial charge in [-0.3, -0.25) is 14.3 Å². The van der Waals surface area contributed by atoms with Gasteiger partial charge in [-0.15, -0.1) is 0 Å². The number of carboxylic acids is 1. The second-order valence-electron chi connectivity index (χ2n) is 9.76. The van der Waals surface area contributed by atoms with Crippen LogP contribution in [0, 0.1) is 16.6 Å². The van der Waals surface area contributed by atoms with Crippen LogP contribution >= 0.6 is 11.6 Å². The zero-order chi connectivity index (χ0) is 24.8. The largest absolute Gasteiger partial charge is 0.481 e. The Balaban J connectivity index is 1.31. The molecule has 3 N–H and O–H groups in total. The summed E-state index contributed by atoms with van der Waals surface area (Å²) in [5, 5.41) is 20.4. The zero-order valence-corrected chi connectivity index (χ0v) is 20.0. The molecule has 35 heavy (non-hydrogen) atoms.